The van der Waals surface area contributed by atoms with Gasteiger partial charge in [-0.1, -0.05) is 18.9 Å². The molecule has 1 saturated carbocycles. The van der Waals surface area contributed by atoms with Gasteiger partial charge in [-0.15, -0.1) is 0 Å². The van der Waals surface area contributed by atoms with Crippen LogP contribution in [0.5, 0.6) is 0 Å². The summed E-state index contributed by atoms with van der Waals surface area (Å²) in [5.41, 5.74) is -0.820. The summed E-state index contributed by atoms with van der Waals surface area (Å²) in [4.78, 5) is 23.9. The first-order valence-corrected chi connectivity index (χ1v) is 8.40. The minimum absolute atomic E-state index is 0.00246. The molecule has 0 atom stereocenters. The van der Waals surface area contributed by atoms with E-state index < -0.39 is 23.0 Å². The normalized spacial score (nSPS) is 15.8. The molecule has 0 saturated heterocycles. The highest BCUT2D eigenvalue weighted by Crippen LogP contribution is 2.42. The molecular weight excluding hydrogens is 344 g/mol. The van der Waals surface area contributed by atoms with Gasteiger partial charge in [0.1, 0.15) is 28.7 Å². The molecule has 26 heavy (non-hydrogen) atoms. The van der Waals surface area contributed by atoms with Crippen molar-refractivity contribution >= 4 is 11.9 Å². The molecule has 1 aromatic heterocycles. The van der Waals surface area contributed by atoms with Crippen molar-refractivity contribution < 1.29 is 27.9 Å². The van der Waals surface area contributed by atoms with Gasteiger partial charge in [0.05, 0.1) is 12.0 Å². The van der Waals surface area contributed by atoms with E-state index in [1.165, 1.54) is 19.1 Å². The van der Waals surface area contributed by atoms with Crippen LogP contribution in [0.4, 0.5) is 8.78 Å². The first-order valence-electron chi connectivity index (χ1n) is 8.40. The van der Waals surface area contributed by atoms with Gasteiger partial charge in [-0.25, -0.2) is 13.6 Å². The van der Waals surface area contributed by atoms with Crippen LogP contribution in [-0.4, -0.2) is 17.0 Å². The average molecular weight is 363 g/mol. The number of carbonyl (C=O) groups excluding carboxylic acids is 1. The van der Waals surface area contributed by atoms with Crippen molar-refractivity contribution in [1.29, 1.82) is 0 Å². The van der Waals surface area contributed by atoms with E-state index in [1.807, 2.05) is 0 Å². The van der Waals surface area contributed by atoms with Crippen LogP contribution in [0.3, 0.4) is 0 Å². The van der Waals surface area contributed by atoms with Gasteiger partial charge >= 0.3 is 5.97 Å². The highest BCUT2D eigenvalue weighted by molar-refractivity contribution is 5.89. The molecule has 5 nitrogen and oxygen atoms in total. The zero-order valence-corrected chi connectivity index (χ0v) is 14.3. The van der Waals surface area contributed by atoms with Crippen LogP contribution in [0.25, 0.3) is 0 Å². The molecule has 2 N–H and O–H groups in total. The largest absolute Gasteiger partial charge is 0.478 e. The summed E-state index contributed by atoms with van der Waals surface area (Å²) in [7, 11) is 0. The molecule has 1 amide bonds. The zero-order valence-electron chi connectivity index (χ0n) is 14.3. The number of aromatic carboxylic acids is 1. The van der Waals surface area contributed by atoms with Gasteiger partial charge in [0.15, 0.2) is 0 Å². The van der Waals surface area contributed by atoms with Gasteiger partial charge in [-0.3, -0.25) is 4.79 Å². The number of hydrogen-bond donors (Lipinski definition) is 2. The van der Waals surface area contributed by atoms with E-state index in [9.17, 15) is 18.4 Å². The number of hydrogen-bond acceptors (Lipinski definition) is 3. The van der Waals surface area contributed by atoms with E-state index in [-0.39, 0.29) is 29.3 Å². The van der Waals surface area contributed by atoms with Crippen molar-refractivity contribution in [2.24, 2.45) is 0 Å². The van der Waals surface area contributed by atoms with Crippen molar-refractivity contribution in [1.82, 2.24) is 5.32 Å². The average Bonchev–Trinajstić information content (AvgIpc) is 3.20. The number of aryl methyl sites for hydroxylation is 1. The van der Waals surface area contributed by atoms with Gasteiger partial charge in [0.25, 0.3) is 0 Å². The maximum Gasteiger partial charge on any atom is 0.339 e. The molecule has 0 aliphatic heterocycles. The van der Waals surface area contributed by atoms with Crippen molar-refractivity contribution in [3.8, 4) is 0 Å². The number of furan rings is 1. The van der Waals surface area contributed by atoms with Crippen molar-refractivity contribution in [2.45, 2.75) is 44.6 Å². The van der Waals surface area contributed by atoms with Crippen LogP contribution in [0, 0.1) is 18.6 Å². The third-order valence-corrected chi connectivity index (χ3v) is 4.96. The Morgan fingerprint density at radius 1 is 1.23 bits per heavy atom. The predicted octanol–water partition coefficient (Wildman–Crippen LogP) is 3.69. The molecule has 7 heteroatoms. The Balaban J connectivity index is 1.81. The number of benzene rings is 1. The van der Waals surface area contributed by atoms with Gasteiger partial charge in [-0.05, 0) is 31.9 Å². The highest BCUT2D eigenvalue weighted by Gasteiger charge is 2.44. The fourth-order valence-electron chi connectivity index (χ4n) is 3.65. The van der Waals surface area contributed by atoms with Gasteiger partial charge in [-0.2, -0.15) is 0 Å². The van der Waals surface area contributed by atoms with Crippen LogP contribution in [-0.2, 0) is 16.8 Å². The monoisotopic (exact) mass is 363 g/mol. The van der Waals surface area contributed by atoms with Gasteiger partial charge in [0, 0.05) is 11.6 Å². The first-order chi connectivity index (χ1) is 12.3. The molecule has 1 aromatic carbocycles. The lowest BCUT2D eigenvalue weighted by Crippen LogP contribution is -2.42. The van der Waals surface area contributed by atoms with E-state index in [0.717, 1.165) is 25.0 Å². The van der Waals surface area contributed by atoms with Crippen LogP contribution < -0.4 is 5.32 Å². The second-order valence-corrected chi connectivity index (χ2v) is 6.58. The summed E-state index contributed by atoms with van der Waals surface area (Å²) in [5.74, 6) is -2.34. The van der Waals surface area contributed by atoms with Crippen molar-refractivity contribution in [3.05, 3.63) is 58.5 Å². The zero-order chi connectivity index (χ0) is 18.9. The van der Waals surface area contributed by atoms with Crippen molar-refractivity contribution in [2.75, 3.05) is 0 Å². The van der Waals surface area contributed by atoms with E-state index in [4.69, 9.17) is 9.52 Å². The van der Waals surface area contributed by atoms with Gasteiger partial charge in [0.2, 0.25) is 5.91 Å². The van der Waals surface area contributed by atoms with Crippen LogP contribution in [0.1, 0.15) is 53.1 Å². The number of halogens is 2. The maximum absolute atomic E-state index is 14.3. The second kappa shape index (κ2) is 6.90. The van der Waals surface area contributed by atoms with E-state index in [1.54, 1.807) is 0 Å². The van der Waals surface area contributed by atoms with Gasteiger partial charge < -0.3 is 14.8 Å². The quantitative estimate of drug-likeness (QED) is 0.849. The Morgan fingerprint density at radius 2 is 1.92 bits per heavy atom. The molecule has 3 rings (SSSR count). The molecule has 1 aliphatic rings. The fraction of sp³-hybridized carbons (Fsp3) is 0.368. The molecule has 138 valence electrons. The first kappa shape index (κ1) is 18.1. The molecule has 1 aliphatic carbocycles. The molecule has 0 spiro atoms. The summed E-state index contributed by atoms with van der Waals surface area (Å²) in [6.45, 7) is 1.53. The van der Waals surface area contributed by atoms with Crippen LogP contribution >= 0.6 is 0 Å². The predicted molar refractivity (Wildman–Crippen MR) is 88.8 cm³/mol. The van der Waals surface area contributed by atoms with E-state index >= 15 is 0 Å². The Kier molecular flexibility index (Phi) is 4.80. The third-order valence-electron chi connectivity index (χ3n) is 4.96. The Bertz CT molecular complexity index is 853. The Hall–Kier alpha value is -2.70. The fourth-order valence-corrected chi connectivity index (χ4v) is 3.65. The molecule has 2 aromatic rings. The number of carboxylic acid groups (broad SMARTS) is 1. The minimum Gasteiger partial charge on any atom is -0.478 e. The summed E-state index contributed by atoms with van der Waals surface area (Å²) in [6.07, 6.45) is 2.48. The Labute approximate surface area is 149 Å². The highest BCUT2D eigenvalue weighted by atomic mass is 19.1. The summed E-state index contributed by atoms with van der Waals surface area (Å²) in [6, 6.07) is 4.63. The standard InChI is InChI=1S/C19H19F2NO4/c1-11-14(17(23)24)9-13(26-11)10-22-18(25)19(6-2-3-7-19)15-5-4-12(20)8-16(15)21/h4-5,8-9H,2-3,6-7,10H2,1H3,(H,22,25)(H,23,24). The topological polar surface area (TPSA) is 79.5 Å². The summed E-state index contributed by atoms with van der Waals surface area (Å²) in [5, 5.41) is 11.8. The van der Waals surface area contributed by atoms with Crippen molar-refractivity contribution in [3.63, 3.8) is 0 Å². The maximum atomic E-state index is 14.3. The second-order valence-electron chi connectivity index (χ2n) is 6.58. The number of amides is 1. The number of carbonyl (C=O) groups is 2. The molecule has 0 radical (unpaired) electrons. The molecule has 0 unspecified atom stereocenters. The van der Waals surface area contributed by atoms with E-state index in [2.05, 4.69) is 5.32 Å². The number of rotatable bonds is 5. The lowest BCUT2D eigenvalue weighted by molar-refractivity contribution is -0.127. The Morgan fingerprint density at radius 3 is 2.50 bits per heavy atom. The lowest BCUT2D eigenvalue weighted by Gasteiger charge is -2.28. The minimum atomic E-state index is -1.11. The molecule has 1 fully saturated rings. The summed E-state index contributed by atoms with van der Waals surface area (Å²) >= 11 is 0. The molecular formula is C19H19F2NO4. The molecule has 1 heterocycles. The van der Waals surface area contributed by atoms with Crippen LogP contribution in [0.2, 0.25) is 0 Å². The molecule has 0 bridgehead atoms. The summed E-state index contributed by atoms with van der Waals surface area (Å²) < 4.78 is 32.9. The van der Waals surface area contributed by atoms with Crippen LogP contribution in [0.15, 0.2) is 28.7 Å². The smallest absolute Gasteiger partial charge is 0.339 e. The number of nitrogens with one attached hydrogen (secondary N) is 1. The number of carboxylic acids is 1. The SMILES string of the molecule is Cc1oc(CNC(=O)C2(c3ccc(F)cc3F)CCCC2)cc1C(=O)O. The third kappa shape index (κ3) is 3.21. The lowest BCUT2D eigenvalue weighted by atomic mass is 9.77. The van der Waals surface area contributed by atoms with E-state index in [0.29, 0.717) is 18.6 Å².